The summed E-state index contributed by atoms with van der Waals surface area (Å²) in [5.41, 5.74) is 8.16. The van der Waals surface area contributed by atoms with Crippen LogP contribution >= 0.6 is 0 Å². The number of rotatable bonds is 1. The Balaban J connectivity index is 2.06. The van der Waals surface area contributed by atoms with Gasteiger partial charge < -0.3 is 20.2 Å². The second-order valence-corrected chi connectivity index (χ2v) is 4.28. The van der Waals surface area contributed by atoms with Crippen molar-refractivity contribution in [2.24, 2.45) is 7.05 Å². The van der Waals surface area contributed by atoms with E-state index in [1.165, 1.54) is 37.3 Å². The molecule has 1 saturated heterocycles. The minimum atomic E-state index is 0.809. The summed E-state index contributed by atoms with van der Waals surface area (Å²) in [5, 5.41) is 0. The van der Waals surface area contributed by atoms with Crippen LogP contribution in [0.25, 0.3) is 11.0 Å². The summed E-state index contributed by atoms with van der Waals surface area (Å²) in [6.07, 6.45) is 2.61. The van der Waals surface area contributed by atoms with Gasteiger partial charge in [-0.2, -0.15) is 0 Å². The molecule has 0 unspecified atom stereocenters. The van der Waals surface area contributed by atoms with Crippen molar-refractivity contribution in [3.63, 3.8) is 0 Å². The molecule has 0 saturated carbocycles. The summed E-state index contributed by atoms with van der Waals surface area (Å²) < 4.78 is 2.02. The molecule has 0 atom stereocenters. The van der Waals surface area contributed by atoms with Crippen molar-refractivity contribution in [3.8, 4) is 0 Å². The Kier molecular flexibility index (Phi) is 1.71. The fourth-order valence-electron chi connectivity index (χ4n) is 2.35. The first-order valence-electron chi connectivity index (χ1n) is 5.44. The van der Waals surface area contributed by atoms with Crippen molar-refractivity contribution in [1.29, 1.82) is 0 Å². The minimum absolute atomic E-state index is 0.809. The molecule has 4 nitrogen and oxygen atoms in total. The first-order valence-corrected chi connectivity index (χ1v) is 5.44. The van der Waals surface area contributed by atoms with Gasteiger partial charge in [0.25, 0.3) is 0 Å². The van der Waals surface area contributed by atoms with E-state index in [1.807, 2.05) is 17.7 Å². The maximum Gasteiger partial charge on any atom is 0.108 e. The van der Waals surface area contributed by atoms with E-state index in [2.05, 4.69) is 16.0 Å². The lowest BCUT2D eigenvalue weighted by molar-refractivity contribution is 0.946. The second-order valence-electron chi connectivity index (χ2n) is 4.28. The quantitative estimate of drug-likeness (QED) is 0.742. The summed E-state index contributed by atoms with van der Waals surface area (Å²) >= 11 is 0. The second kappa shape index (κ2) is 2.95. The molecular weight excluding hydrogens is 188 g/mol. The monoisotopic (exact) mass is 204 g/mol. The van der Waals surface area contributed by atoms with Crippen LogP contribution in [0, 0.1) is 0 Å². The highest BCUT2D eigenvalue weighted by Gasteiger charge is 2.15. The maximum atomic E-state index is 5.83. The van der Waals surface area contributed by atoms with Crippen LogP contribution in [-0.2, 0) is 7.05 Å². The molecule has 3 N–H and O–H groups in total. The van der Waals surface area contributed by atoms with Crippen molar-refractivity contribution in [2.45, 2.75) is 12.8 Å². The smallest absolute Gasteiger partial charge is 0.108 e. The molecule has 1 aliphatic rings. The molecule has 3 rings (SSSR count). The Morgan fingerprint density at radius 3 is 2.67 bits per heavy atom. The SMILES string of the molecule is Cn1c(N)cc2[nH]c(N3CCCC3)cc21. The van der Waals surface area contributed by atoms with Gasteiger partial charge in [0.05, 0.1) is 11.0 Å². The number of hydrogen-bond acceptors (Lipinski definition) is 2. The van der Waals surface area contributed by atoms with Gasteiger partial charge in [0.15, 0.2) is 0 Å². The molecule has 0 spiro atoms. The highest BCUT2D eigenvalue weighted by Crippen LogP contribution is 2.27. The van der Waals surface area contributed by atoms with Gasteiger partial charge in [-0.25, -0.2) is 0 Å². The number of hydrogen-bond donors (Lipinski definition) is 2. The van der Waals surface area contributed by atoms with Crippen molar-refractivity contribution in [3.05, 3.63) is 12.1 Å². The molecule has 0 aliphatic carbocycles. The van der Waals surface area contributed by atoms with Gasteiger partial charge in [0.2, 0.25) is 0 Å². The molecule has 80 valence electrons. The number of H-pyrrole nitrogens is 1. The molecule has 0 bridgehead atoms. The first-order chi connectivity index (χ1) is 7.25. The van der Waals surface area contributed by atoms with E-state index in [9.17, 15) is 0 Å². The van der Waals surface area contributed by atoms with Crippen molar-refractivity contribution >= 4 is 22.7 Å². The highest BCUT2D eigenvalue weighted by molar-refractivity contribution is 5.85. The van der Waals surface area contributed by atoms with Gasteiger partial charge in [-0.1, -0.05) is 0 Å². The Hall–Kier alpha value is -1.58. The number of fused-ring (bicyclic) bond motifs is 1. The van der Waals surface area contributed by atoms with Crippen LogP contribution in [0.4, 0.5) is 11.6 Å². The zero-order valence-corrected chi connectivity index (χ0v) is 8.95. The van der Waals surface area contributed by atoms with E-state index in [4.69, 9.17) is 5.73 Å². The topological polar surface area (TPSA) is 50.0 Å². The van der Waals surface area contributed by atoms with Crippen LogP contribution < -0.4 is 10.6 Å². The molecule has 4 heteroatoms. The van der Waals surface area contributed by atoms with E-state index in [1.54, 1.807) is 0 Å². The summed E-state index contributed by atoms with van der Waals surface area (Å²) in [6, 6.07) is 4.19. The number of anilines is 2. The van der Waals surface area contributed by atoms with Gasteiger partial charge in [0.1, 0.15) is 11.6 Å². The van der Waals surface area contributed by atoms with Gasteiger partial charge in [-0.05, 0) is 12.8 Å². The molecule has 2 aromatic rings. The largest absolute Gasteiger partial charge is 0.385 e. The fourth-order valence-corrected chi connectivity index (χ4v) is 2.35. The van der Waals surface area contributed by atoms with E-state index in [-0.39, 0.29) is 0 Å². The van der Waals surface area contributed by atoms with Crippen molar-refractivity contribution < 1.29 is 0 Å². The predicted molar refractivity (Wildman–Crippen MR) is 63.1 cm³/mol. The Labute approximate surface area is 88.7 Å². The molecule has 0 aromatic carbocycles. The summed E-state index contributed by atoms with van der Waals surface area (Å²) in [5.74, 6) is 2.04. The highest BCUT2D eigenvalue weighted by atomic mass is 15.2. The van der Waals surface area contributed by atoms with E-state index in [0.717, 1.165) is 11.3 Å². The Bertz CT molecular complexity index is 488. The molecule has 1 fully saturated rings. The summed E-state index contributed by atoms with van der Waals surface area (Å²) in [7, 11) is 2.00. The normalized spacial score (nSPS) is 16.7. The molecule has 2 aromatic heterocycles. The van der Waals surface area contributed by atoms with Crippen LogP contribution in [0.5, 0.6) is 0 Å². The zero-order chi connectivity index (χ0) is 10.4. The number of aromatic nitrogens is 2. The van der Waals surface area contributed by atoms with Crippen molar-refractivity contribution in [1.82, 2.24) is 9.55 Å². The molecule has 0 amide bonds. The Morgan fingerprint density at radius 1 is 1.27 bits per heavy atom. The lowest BCUT2D eigenvalue weighted by Gasteiger charge is -2.14. The summed E-state index contributed by atoms with van der Waals surface area (Å²) in [6.45, 7) is 2.34. The average Bonchev–Trinajstić information content (AvgIpc) is 2.86. The Morgan fingerprint density at radius 2 is 2.00 bits per heavy atom. The van der Waals surface area contributed by atoms with Crippen LogP contribution in [0.15, 0.2) is 12.1 Å². The van der Waals surface area contributed by atoms with Gasteiger partial charge in [-0.15, -0.1) is 0 Å². The van der Waals surface area contributed by atoms with Gasteiger partial charge >= 0.3 is 0 Å². The third-order valence-electron chi connectivity index (χ3n) is 3.30. The van der Waals surface area contributed by atoms with Crippen LogP contribution in [-0.4, -0.2) is 22.6 Å². The number of aromatic amines is 1. The third-order valence-corrected chi connectivity index (χ3v) is 3.30. The van der Waals surface area contributed by atoms with Crippen molar-refractivity contribution in [2.75, 3.05) is 23.7 Å². The summed E-state index contributed by atoms with van der Waals surface area (Å²) in [4.78, 5) is 5.82. The average molecular weight is 204 g/mol. The van der Waals surface area contributed by atoms with E-state index in [0.29, 0.717) is 0 Å². The number of nitrogens with two attached hydrogens (primary N) is 1. The zero-order valence-electron chi connectivity index (χ0n) is 8.95. The van der Waals surface area contributed by atoms with Crippen LogP contribution in [0.3, 0.4) is 0 Å². The molecular formula is C11H16N4. The molecule has 1 aliphatic heterocycles. The first kappa shape index (κ1) is 8.71. The predicted octanol–water partition coefficient (Wildman–Crippen LogP) is 1.69. The number of nitrogen functional groups attached to an aromatic ring is 1. The lowest BCUT2D eigenvalue weighted by Crippen LogP contribution is -2.17. The van der Waals surface area contributed by atoms with Gasteiger partial charge in [-0.3, -0.25) is 0 Å². The number of nitrogens with zero attached hydrogens (tertiary/aromatic N) is 2. The van der Waals surface area contributed by atoms with Crippen LogP contribution in [0.2, 0.25) is 0 Å². The molecule has 0 radical (unpaired) electrons. The minimum Gasteiger partial charge on any atom is -0.385 e. The number of nitrogens with one attached hydrogen (secondary N) is 1. The molecule has 3 heterocycles. The van der Waals surface area contributed by atoms with Crippen LogP contribution in [0.1, 0.15) is 12.8 Å². The third kappa shape index (κ3) is 1.21. The standard InChI is InChI=1S/C11H16N4/c1-14-9-7-11(15-4-2-3-5-15)13-8(9)6-10(14)12/h6-7,13H,2-5,12H2,1H3. The maximum absolute atomic E-state index is 5.83. The van der Waals surface area contributed by atoms with Gasteiger partial charge in [0, 0.05) is 32.3 Å². The molecule has 15 heavy (non-hydrogen) atoms. The number of aryl methyl sites for hydroxylation is 1. The fraction of sp³-hybridized carbons (Fsp3) is 0.455. The van der Waals surface area contributed by atoms with E-state index < -0.39 is 0 Å². The van der Waals surface area contributed by atoms with E-state index >= 15 is 0 Å². The lowest BCUT2D eigenvalue weighted by atomic mass is 10.4.